The summed E-state index contributed by atoms with van der Waals surface area (Å²) in [5.41, 5.74) is 3.91. The Labute approximate surface area is 110 Å². The first-order valence-corrected chi connectivity index (χ1v) is 5.37. The number of nitrogens with two attached hydrogens (primary N) is 1. The van der Waals surface area contributed by atoms with Crippen LogP contribution in [0.1, 0.15) is 5.56 Å². The van der Waals surface area contributed by atoms with E-state index in [0.717, 1.165) is 18.2 Å². The second-order valence-electron chi connectivity index (χ2n) is 3.93. The first-order chi connectivity index (χ1) is 9.27. The Morgan fingerprint density at radius 3 is 2.35 bits per heavy atom. The summed E-state index contributed by atoms with van der Waals surface area (Å²) in [6.45, 7) is 0. The molecule has 2 N–H and O–H groups in total. The summed E-state index contributed by atoms with van der Waals surface area (Å²) in [5.74, 6) is -2.61. The molecule has 20 heavy (non-hydrogen) atoms. The van der Waals surface area contributed by atoms with Gasteiger partial charge in [0, 0.05) is 12.1 Å². The summed E-state index contributed by atoms with van der Waals surface area (Å²) in [6.07, 6.45) is -4.54. The van der Waals surface area contributed by atoms with Crippen LogP contribution in [0, 0.1) is 11.6 Å². The third-order valence-electron chi connectivity index (χ3n) is 2.45. The van der Waals surface area contributed by atoms with Crippen LogP contribution in [0.4, 0.5) is 27.6 Å². The largest absolute Gasteiger partial charge is 0.455 e. The summed E-state index contributed by atoms with van der Waals surface area (Å²) in [4.78, 5) is 0. The average molecular weight is 289 g/mol. The molecule has 2 rings (SSSR count). The number of benzene rings is 2. The first kappa shape index (κ1) is 14.1. The number of alkyl halides is 3. The summed E-state index contributed by atoms with van der Waals surface area (Å²) in [7, 11) is 0. The van der Waals surface area contributed by atoms with E-state index in [1.807, 2.05) is 0 Å². The molecule has 0 atom stereocenters. The molecular formula is C13H8F5NO. The molecule has 0 spiro atoms. The molecule has 0 aliphatic rings. The fraction of sp³-hybridized carbons (Fsp3) is 0.0769. The monoisotopic (exact) mass is 289 g/mol. The molecule has 0 unspecified atom stereocenters. The molecule has 0 saturated carbocycles. The molecular weight excluding hydrogens is 281 g/mol. The van der Waals surface area contributed by atoms with E-state index in [0.29, 0.717) is 12.1 Å². The van der Waals surface area contributed by atoms with Gasteiger partial charge in [0.05, 0.1) is 5.56 Å². The first-order valence-electron chi connectivity index (χ1n) is 5.37. The van der Waals surface area contributed by atoms with Crippen LogP contribution >= 0.6 is 0 Å². The minimum Gasteiger partial charge on any atom is -0.455 e. The van der Waals surface area contributed by atoms with Crippen molar-refractivity contribution in [2.45, 2.75) is 6.18 Å². The van der Waals surface area contributed by atoms with Gasteiger partial charge < -0.3 is 10.5 Å². The maximum absolute atomic E-state index is 13.2. The zero-order chi connectivity index (χ0) is 14.9. The van der Waals surface area contributed by atoms with E-state index >= 15 is 0 Å². The normalized spacial score (nSPS) is 11.4. The van der Waals surface area contributed by atoms with Crippen LogP contribution in [-0.2, 0) is 6.18 Å². The number of anilines is 1. The van der Waals surface area contributed by atoms with Crippen molar-refractivity contribution in [3.8, 4) is 11.5 Å². The zero-order valence-electron chi connectivity index (χ0n) is 9.84. The van der Waals surface area contributed by atoms with Gasteiger partial charge in [0.1, 0.15) is 17.3 Å². The maximum atomic E-state index is 13.2. The van der Waals surface area contributed by atoms with Crippen molar-refractivity contribution in [1.82, 2.24) is 0 Å². The van der Waals surface area contributed by atoms with Gasteiger partial charge in [-0.2, -0.15) is 13.2 Å². The van der Waals surface area contributed by atoms with E-state index < -0.39 is 29.1 Å². The highest BCUT2D eigenvalue weighted by molar-refractivity contribution is 5.55. The highest BCUT2D eigenvalue weighted by Crippen LogP contribution is 2.34. The van der Waals surface area contributed by atoms with E-state index in [1.165, 1.54) is 6.07 Å². The van der Waals surface area contributed by atoms with Crippen LogP contribution in [0.3, 0.4) is 0 Å². The second kappa shape index (κ2) is 4.99. The molecule has 0 amide bonds. The minimum absolute atomic E-state index is 0.225. The summed E-state index contributed by atoms with van der Waals surface area (Å²) in [6, 6.07) is 5.24. The van der Waals surface area contributed by atoms with Crippen molar-refractivity contribution >= 4 is 5.69 Å². The van der Waals surface area contributed by atoms with Crippen LogP contribution in [-0.4, -0.2) is 0 Å². The Morgan fingerprint density at radius 1 is 1.00 bits per heavy atom. The fourth-order valence-electron chi connectivity index (χ4n) is 1.51. The molecule has 0 fully saturated rings. The topological polar surface area (TPSA) is 35.2 Å². The Morgan fingerprint density at radius 2 is 1.70 bits per heavy atom. The van der Waals surface area contributed by atoms with Crippen LogP contribution in [0.15, 0.2) is 36.4 Å². The Hall–Kier alpha value is -2.31. The molecule has 0 aliphatic carbocycles. The van der Waals surface area contributed by atoms with Crippen molar-refractivity contribution in [2.24, 2.45) is 0 Å². The van der Waals surface area contributed by atoms with Crippen molar-refractivity contribution < 1.29 is 26.7 Å². The standard InChI is InChI=1S/C13H8F5NO/c14-8-5-10(15)12(19)11(6-8)20-9-3-1-2-7(4-9)13(16,17)18/h1-6H,19H2. The molecule has 0 bridgehead atoms. The molecule has 2 nitrogen and oxygen atoms in total. The number of halogens is 5. The lowest BCUT2D eigenvalue weighted by Crippen LogP contribution is -2.04. The van der Waals surface area contributed by atoms with Gasteiger partial charge in [-0.05, 0) is 18.2 Å². The smallest absolute Gasteiger partial charge is 0.416 e. The Bertz CT molecular complexity index is 639. The zero-order valence-corrected chi connectivity index (χ0v) is 9.84. The summed E-state index contributed by atoms with van der Waals surface area (Å²) >= 11 is 0. The van der Waals surface area contributed by atoms with Crippen LogP contribution in [0.25, 0.3) is 0 Å². The minimum atomic E-state index is -4.54. The third-order valence-corrected chi connectivity index (χ3v) is 2.45. The lowest BCUT2D eigenvalue weighted by atomic mass is 10.2. The van der Waals surface area contributed by atoms with Crippen LogP contribution in [0.5, 0.6) is 11.5 Å². The third kappa shape index (κ3) is 2.98. The van der Waals surface area contributed by atoms with Gasteiger partial charge in [-0.3, -0.25) is 0 Å². The van der Waals surface area contributed by atoms with Gasteiger partial charge in [-0.25, -0.2) is 8.78 Å². The molecule has 0 saturated heterocycles. The van der Waals surface area contributed by atoms with E-state index in [9.17, 15) is 22.0 Å². The van der Waals surface area contributed by atoms with Crippen molar-refractivity contribution in [3.05, 3.63) is 53.6 Å². The van der Waals surface area contributed by atoms with Crippen LogP contribution in [0.2, 0.25) is 0 Å². The van der Waals surface area contributed by atoms with E-state index in [1.54, 1.807) is 0 Å². The number of rotatable bonds is 2. The molecule has 106 valence electrons. The van der Waals surface area contributed by atoms with Gasteiger partial charge in [0.2, 0.25) is 0 Å². The SMILES string of the molecule is Nc1c(F)cc(F)cc1Oc1cccc(C(F)(F)F)c1. The summed E-state index contributed by atoms with van der Waals surface area (Å²) in [5, 5.41) is 0. The van der Waals surface area contributed by atoms with E-state index in [2.05, 4.69) is 0 Å². The van der Waals surface area contributed by atoms with Crippen molar-refractivity contribution in [3.63, 3.8) is 0 Å². The maximum Gasteiger partial charge on any atom is 0.416 e. The lowest BCUT2D eigenvalue weighted by molar-refractivity contribution is -0.137. The Balaban J connectivity index is 2.36. The highest BCUT2D eigenvalue weighted by atomic mass is 19.4. The van der Waals surface area contributed by atoms with E-state index in [-0.39, 0.29) is 11.5 Å². The molecule has 7 heteroatoms. The lowest BCUT2D eigenvalue weighted by Gasteiger charge is -2.11. The number of ether oxygens (including phenoxy) is 1. The van der Waals surface area contributed by atoms with Crippen molar-refractivity contribution in [2.75, 3.05) is 5.73 Å². The molecule has 2 aromatic carbocycles. The molecule has 0 radical (unpaired) electrons. The molecule has 0 aliphatic heterocycles. The molecule has 2 aromatic rings. The van der Waals surface area contributed by atoms with Crippen molar-refractivity contribution in [1.29, 1.82) is 0 Å². The quantitative estimate of drug-likeness (QED) is 0.658. The fourth-order valence-corrected chi connectivity index (χ4v) is 1.51. The number of hydrogen-bond donors (Lipinski definition) is 1. The van der Waals surface area contributed by atoms with E-state index in [4.69, 9.17) is 10.5 Å². The molecule has 0 aromatic heterocycles. The predicted octanol–water partition coefficient (Wildman–Crippen LogP) is 4.36. The number of hydrogen-bond acceptors (Lipinski definition) is 2. The van der Waals surface area contributed by atoms with Gasteiger partial charge in [0.15, 0.2) is 11.6 Å². The summed E-state index contributed by atoms with van der Waals surface area (Å²) < 4.78 is 68.8. The van der Waals surface area contributed by atoms with Gasteiger partial charge in [0.25, 0.3) is 0 Å². The average Bonchev–Trinajstić information content (AvgIpc) is 2.35. The molecule has 0 heterocycles. The highest BCUT2D eigenvalue weighted by Gasteiger charge is 2.30. The predicted molar refractivity (Wildman–Crippen MR) is 62.3 cm³/mol. The van der Waals surface area contributed by atoms with Gasteiger partial charge >= 0.3 is 6.18 Å². The van der Waals surface area contributed by atoms with Crippen LogP contribution < -0.4 is 10.5 Å². The second-order valence-corrected chi connectivity index (χ2v) is 3.93. The number of nitrogen functional groups attached to an aromatic ring is 1. The van der Waals surface area contributed by atoms with Gasteiger partial charge in [-0.1, -0.05) is 6.07 Å². The Kier molecular flexibility index (Phi) is 3.52. The van der Waals surface area contributed by atoms with Gasteiger partial charge in [-0.15, -0.1) is 0 Å².